The normalized spacial score (nSPS) is 18.7. The summed E-state index contributed by atoms with van der Waals surface area (Å²) in [7, 11) is -7.81. The Morgan fingerprint density at radius 1 is 1.25 bits per heavy atom. The van der Waals surface area contributed by atoms with Crippen molar-refractivity contribution in [1.29, 1.82) is 0 Å². The summed E-state index contributed by atoms with van der Waals surface area (Å²) in [4.78, 5) is 12.1. The third-order valence-electron chi connectivity index (χ3n) is 4.31. The van der Waals surface area contributed by atoms with E-state index in [9.17, 15) is 26.0 Å². The van der Waals surface area contributed by atoms with Crippen LogP contribution in [0.3, 0.4) is 0 Å². The minimum absolute atomic E-state index is 0.0105. The fourth-order valence-corrected chi connectivity index (χ4v) is 6.19. The molecule has 1 aliphatic rings. The Morgan fingerprint density at radius 2 is 2.00 bits per heavy atom. The topological polar surface area (TPSA) is 127 Å². The largest absolute Gasteiger partial charge is 0.326 e. The molecule has 1 fully saturated rings. The first-order valence-electron chi connectivity index (χ1n) is 8.25. The molecule has 1 saturated heterocycles. The van der Waals surface area contributed by atoms with Crippen LogP contribution in [0.2, 0.25) is 0 Å². The second kappa shape index (κ2) is 7.87. The van der Waals surface area contributed by atoms with Gasteiger partial charge in [0.15, 0.2) is 0 Å². The van der Waals surface area contributed by atoms with Gasteiger partial charge in [-0.1, -0.05) is 6.07 Å². The zero-order chi connectivity index (χ0) is 20.5. The third kappa shape index (κ3) is 4.58. The second-order valence-electron chi connectivity index (χ2n) is 6.34. The van der Waals surface area contributed by atoms with E-state index in [1.54, 1.807) is 11.4 Å². The predicted molar refractivity (Wildman–Crippen MR) is 102 cm³/mol. The van der Waals surface area contributed by atoms with E-state index in [0.717, 1.165) is 29.5 Å². The lowest BCUT2D eigenvalue weighted by Crippen LogP contribution is -2.43. The number of primary sulfonamides is 1. The molecule has 1 amide bonds. The number of thiophene rings is 1. The number of sulfonamides is 2. The van der Waals surface area contributed by atoms with Crippen LogP contribution in [-0.4, -0.2) is 40.1 Å². The first-order valence-corrected chi connectivity index (χ1v) is 12.1. The highest BCUT2D eigenvalue weighted by atomic mass is 32.2. The Bertz CT molecular complexity index is 1080. The molecule has 3 rings (SSSR count). The number of hydrogen-bond donors (Lipinski definition) is 2. The standard InChI is InChI=1S/C16H18FN3O5S3/c17-12-7-13(9-14(8-12)27(18,22)23)19-16(21)11-3-1-5-20(10-11)28(24,25)15-4-2-6-26-15/h2,4,6-9,11H,1,3,5,10H2,(H,19,21)(H2,18,22,23). The van der Waals surface area contributed by atoms with Crippen LogP contribution in [0.1, 0.15) is 12.8 Å². The van der Waals surface area contributed by atoms with Crippen molar-refractivity contribution in [1.82, 2.24) is 4.31 Å². The van der Waals surface area contributed by atoms with Crippen LogP contribution < -0.4 is 10.5 Å². The molecule has 1 unspecified atom stereocenters. The second-order valence-corrected chi connectivity index (χ2v) is 11.0. The van der Waals surface area contributed by atoms with E-state index in [1.807, 2.05) is 0 Å². The smallest absolute Gasteiger partial charge is 0.252 e. The molecule has 1 aromatic carbocycles. The summed E-state index contributed by atoms with van der Waals surface area (Å²) in [5.41, 5.74) is -0.0627. The molecule has 2 aromatic rings. The van der Waals surface area contributed by atoms with E-state index in [1.165, 1.54) is 10.4 Å². The lowest BCUT2D eigenvalue weighted by Gasteiger charge is -2.30. The molecule has 0 radical (unpaired) electrons. The van der Waals surface area contributed by atoms with Crippen molar-refractivity contribution >= 4 is 43.0 Å². The van der Waals surface area contributed by atoms with Gasteiger partial charge < -0.3 is 5.32 Å². The Kier molecular flexibility index (Phi) is 5.87. The van der Waals surface area contributed by atoms with Gasteiger partial charge in [-0.05, 0) is 42.5 Å². The molecule has 2 heterocycles. The van der Waals surface area contributed by atoms with Crippen molar-refractivity contribution in [2.75, 3.05) is 18.4 Å². The Hall–Kier alpha value is -1.86. The monoisotopic (exact) mass is 447 g/mol. The highest BCUT2D eigenvalue weighted by molar-refractivity contribution is 7.91. The van der Waals surface area contributed by atoms with Gasteiger partial charge >= 0.3 is 0 Å². The van der Waals surface area contributed by atoms with E-state index in [0.29, 0.717) is 19.4 Å². The maximum Gasteiger partial charge on any atom is 0.252 e. The van der Waals surface area contributed by atoms with Crippen LogP contribution in [0.4, 0.5) is 10.1 Å². The number of carbonyl (C=O) groups is 1. The molecule has 1 aromatic heterocycles. The van der Waals surface area contributed by atoms with Crippen LogP contribution in [-0.2, 0) is 24.8 Å². The van der Waals surface area contributed by atoms with E-state index >= 15 is 0 Å². The lowest BCUT2D eigenvalue weighted by molar-refractivity contribution is -0.120. The molecule has 12 heteroatoms. The van der Waals surface area contributed by atoms with E-state index in [-0.39, 0.29) is 16.4 Å². The number of piperidine rings is 1. The van der Waals surface area contributed by atoms with Crippen LogP contribution in [0.15, 0.2) is 44.8 Å². The lowest BCUT2D eigenvalue weighted by atomic mass is 9.99. The number of carbonyl (C=O) groups excluding carboxylic acids is 1. The molecule has 1 atom stereocenters. The number of rotatable bonds is 5. The molecule has 0 bridgehead atoms. The van der Waals surface area contributed by atoms with Gasteiger partial charge in [0.05, 0.1) is 10.8 Å². The number of anilines is 1. The van der Waals surface area contributed by atoms with Crippen LogP contribution >= 0.6 is 11.3 Å². The Morgan fingerprint density at radius 3 is 2.64 bits per heavy atom. The predicted octanol–water partition coefficient (Wildman–Crippen LogP) is 1.57. The average Bonchev–Trinajstić information content (AvgIpc) is 3.16. The van der Waals surface area contributed by atoms with Gasteiger partial charge in [0.25, 0.3) is 10.0 Å². The van der Waals surface area contributed by atoms with E-state index in [4.69, 9.17) is 5.14 Å². The van der Waals surface area contributed by atoms with E-state index in [2.05, 4.69) is 5.32 Å². The quantitative estimate of drug-likeness (QED) is 0.719. The minimum Gasteiger partial charge on any atom is -0.326 e. The molecule has 152 valence electrons. The molecular formula is C16H18FN3O5S3. The summed E-state index contributed by atoms with van der Waals surface area (Å²) in [5.74, 6) is -2.03. The van der Waals surface area contributed by atoms with Gasteiger partial charge in [0, 0.05) is 18.8 Å². The van der Waals surface area contributed by atoms with Crippen molar-refractivity contribution < 1.29 is 26.0 Å². The fourth-order valence-electron chi connectivity index (χ4n) is 2.96. The molecule has 0 aliphatic carbocycles. The van der Waals surface area contributed by atoms with Gasteiger partial charge in [0.1, 0.15) is 10.0 Å². The first-order chi connectivity index (χ1) is 13.1. The molecule has 28 heavy (non-hydrogen) atoms. The Labute approximate surface area is 166 Å². The summed E-state index contributed by atoms with van der Waals surface area (Å²) >= 11 is 1.10. The van der Waals surface area contributed by atoms with Gasteiger partial charge in [-0.25, -0.2) is 26.4 Å². The van der Waals surface area contributed by atoms with Gasteiger partial charge in [-0.2, -0.15) is 4.31 Å². The molecule has 0 spiro atoms. The first kappa shape index (κ1) is 20.9. The molecule has 3 N–H and O–H groups in total. The van der Waals surface area contributed by atoms with Crippen LogP contribution in [0.5, 0.6) is 0 Å². The summed E-state index contributed by atoms with van der Waals surface area (Å²) in [6, 6.07) is 5.92. The zero-order valence-electron chi connectivity index (χ0n) is 14.5. The third-order valence-corrected chi connectivity index (χ3v) is 8.44. The van der Waals surface area contributed by atoms with Crippen LogP contribution in [0.25, 0.3) is 0 Å². The summed E-state index contributed by atoms with van der Waals surface area (Å²) in [6.07, 6.45) is 0.952. The molecular weight excluding hydrogens is 429 g/mol. The number of benzene rings is 1. The summed E-state index contributed by atoms with van der Waals surface area (Å²) in [6.45, 7) is 0.295. The number of hydrogen-bond acceptors (Lipinski definition) is 6. The number of nitrogens with two attached hydrogens (primary N) is 1. The highest BCUT2D eigenvalue weighted by Crippen LogP contribution is 2.27. The maximum atomic E-state index is 13.7. The molecule has 0 saturated carbocycles. The summed E-state index contributed by atoms with van der Waals surface area (Å²) < 4.78 is 63.3. The average molecular weight is 448 g/mol. The van der Waals surface area contributed by atoms with Gasteiger partial charge in [0.2, 0.25) is 15.9 Å². The van der Waals surface area contributed by atoms with Crippen molar-refractivity contribution in [2.24, 2.45) is 11.1 Å². The SMILES string of the molecule is NS(=O)(=O)c1cc(F)cc(NC(=O)C2CCCN(S(=O)(=O)c3cccs3)C2)c1. The minimum atomic E-state index is -4.14. The number of halogens is 1. The summed E-state index contributed by atoms with van der Waals surface area (Å²) in [5, 5.41) is 9.12. The highest BCUT2D eigenvalue weighted by Gasteiger charge is 2.34. The van der Waals surface area contributed by atoms with Crippen molar-refractivity contribution in [2.45, 2.75) is 21.9 Å². The number of nitrogens with zero attached hydrogens (tertiary/aromatic N) is 1. The van der Waals surface area contributed by atoms with Crippen molar-refractivity contribution in [3.8, 4) is 0 Å². The zero-order valence-corrected chi connectivity index (χ0v) is 17.0. The number of nitrogens with one attached hydrogen (secondary N) is 1. The van der Waals surface area contributed by atoms with Crippen molar-refractivity contribution in [3.05, 3.63) is 41.5 Å². The number of amides is 1. The maximum absolute atomic E-state index is 13.7. The molecule has 1 aliphatic heterocycles. The van der Waals surface area contributed by atoms with Gasteiger partial charge in [-0.3, -0.25) is 4.79 Å². The fraction of sp³-hybridized carbons (Fsp3) is 0.312. The van der Waals surface area contributed by atoms with Crippen LogP contribution in [0, 0.1) is 11.7 Å². The van der Waals surface area contributed by atoms with Crippen molar-refractivity contribution in [3.63, 3.8) is 0 Å². The van der Waals surface area contributed by atoms with Gasteiger partial charge in [-0.15, -0.1) is 11.3 Å². The van der Waals surface area contributed by atoms with E-state index < -0.39 is 42.6 Å². The Balaban J connectivity index is 1.76. The molecule has 8 nitrogen and oxygen atoms in total.